The van der Waals surface area contributed by atoms with Crippen LogP contribution in [-0.4, -0.2) is 6.04 Å². The fourth-order valence-corrected chi connectivity index (χ4v) is 2.30. The Bertz CT molecular complexity index is 322. The van der Waals surface area contributed by atoms with E-state index in [0.29, 0.717) is 6.04 Å². The van der Waals surface area contributed by atoms with Gasteiger partial charge in [-0.2, -0.15) is 0 Å². The molecule has 0 bridgehead atoms. The van der Waals surface area contributed by atoms with E-state index in [-0.39, 0.29) is 0 Å². The van der Waals surface area contributed by atoms with Gasteiger partial charge in [0.2, 0.25) is 0 Å². The third-order valence-electron chi connectivity index (χ3n) is 2.56. The predicted molar refractivity (Wildman–Crippen MR) is 76.4 cm³/mol. The maximum Gasteiger partial charge on any atom is 0.0549 e. The van der Waals surface area contributed by atoms with E-state index in [1.54, 1.807) is 0 Å². The Kier molecular flexibility index (Phi) is 6.22. The first kappa shape index (κ1) is 13.9. The predicted octanol–water partition coefficient (Wildman–Crippen LogP) is 5.48. The normalized spacial score (nSPS) is 10.8. The summed E-state index contributed by atoms with van der Waals surface area (Å²) in [4.78, 5) is 0. The van der Waals surface area contributed by atoms with Crippen LogP contribution in [0.5, 0.6) is 0 Å². The van der Waals surface area contributed by atoms with Crippen LogP contribution < -0.4 is 5.32 Å². The summed E-state index contributed by atoms with van der Waals surface area (Å²) >= 11 is 9.41. The number of anilines is 1. The zero-order valence-electron chi connectivity index (χ0n) is 9.89. The van der Waals surface area contributed by atoms with Crippen molar-refractivity contribution in [1.82, 2.24) is 0 Å². The lowest BCUT2D eigenvalue weighted by Crippen LogP contribution is -2.18. The molecule has 0 heterocycles. The van der Waals surface area contributed by atoms with Crippen LogP contribution >= 0.6 is 27.5 Å². The van der Waals surface area contributed by atoms with E-state index in [2.05, 4.69) is 35.1 Å². The second-order valence-electron chi connectivity index (χ2n) is 4.05. The zero-order valence-corrected chi connectivity index (χ0v) is 12.2. The molecule has 0 radical (unpaired) electrons. The van der Waals surface area contributed by atoms with Gasteiger partial charge < -0.3 is 5.32 Å². The van der Waals surface area contributed by atoms with Crippen LogP contribution in [0.1, 0.15) is 39.5 Å². The molecule has 1 N–H and O–H groups in total. The van der Waals surface area contributed by atoms with Crippen molar-refractivity contribution in [3.05, 3.63) is 27.7 Å². The van der Waals surface area contributed by atoms with Crippen molar-refractivity contribution < 1.29 is 0 Å². The quantitative estimate of drug-likeness (QED) is 0.733. The number of rotatable bonds is 6. The Hall–Kier alpha value is -0.210. The van der Waals surface area contributed by atoms with Gasteiger partial charge in [0.25, 0.3) is 0 Å². The molecule has 90 valence electrons. The highest BCUT2D eigenvalue weighted by atomic mass is 79.9. The molecule has 0 saturated heterocycles. The molecule has 0 aliphatic carbocycles. The number of hydrogen-bond acceptors (Lipinski definition) is 1. The first-order valence-electron chi connectivity index (χ1n) is 5.89. The van der Waals surface area contributed by atoms with Crippen molar-refractivity contribution in [2.75, 3.05) is 5.32 Å². The van der Waals surface area contributed by atoms with E-state index in [9.17, 15) is 0 Å². The monoisotopic (exact) mass is 303 g/mol. The topological polar surface area (TPSA) is 12.0 Å². The Balaban J connectivity index is 2.65. The number of hydrogen-bond donors (Lipinski definition) is 1. The van der Waals surface area contributed by atoms with Gasteiger partial charge in [-0.1, -0.05) is 38.3 Å². The highest BCUT2D eigenvalue weighted by molar-refractivity contribution is 9.10. The molecule has 1 aromatic rings. The summed E-state index contributed by atoms with van der Waals surface area (Å²) in [7, 11) is 0. The Labute approximate surface area is 112 Å². The molecule has 1 aromatic carbocycles. The van der Waals surface area contributed by atoms with E-state index in [4.69, 9.17) is 11.6 Å². The average molecular weight is 305 g/mol. The van der Waals surface area contributed by atoms with Crippen molar-refractivity contribution in [2.24, 2.45) is 0 Å². The third-order valence-corrected chi connectivity index (χ3v) is 3.78. The molecule has 0 saturated carbocycles. The first-order valence-corrected chi connectivity index (χ1v) is 7.06. The highest BCUT2D eigenvalue weighted by Gasteiger charge is 2.07. The standard InChI is InChI=1S/C13H19BrClN/c1-3-5-10(6-4-2)16-11-7-8-13(15)12(14)9-11/h7-10,16H,3-6H2,1-2H3. The van der Waals surface area contributed by atoms with Gasteiger partial charge in [-0.05, 0) is 47.0 Å². The van der Waals surface area contributed by atoms with E-state index in [1.165, 1.54) is 25.7 Å². The van der Waals surface area contributed by atoms with Gasteiger partial charge in [0.1, 0.15) is 0 Å². The Morgan fingerprint density at radius 3 is 2.38 bits per heavy atom. The van der Waals surface area contributed by atoms with Gasteiger partial charge in [0.05, 0.1) is 5.02 Å². The fraction of sp³-hybridized carbons (Fsp3) is 0.538. The lowest BCUT2D eigenvalue weighted by Gasteiger charge is -2.19. The van der Waals surface area contributed by atoms with Crippen molar-refractivity contribution in [2.45, 2.75) is 45.6 Å². The van der Waals surface area contributed by atoms with Gasteiger partial charge >= 0.3 is 0 Å². The van der Waals surface area contributed by atoms with Crippen LogP contribution in [0.15, 0.2) is 22.7 Å². The molecule has 0 unspecified atom stereocenters. The van der Waals surface area contributed by atoms with E-state index in [1.807, 2.05) is 18.2 Å². The van der Waals surface area contributed by atoms with Gasteiger partial charge in [-0.3, -0.25) is 0 Å². The van der Waals surface area contributed by atoms with E-state index >= 15 is 0 Å². The molecule has 0 aliphatic rings. The molecule has 0 aromatic heterocycles. The van der Waals surface area contributed by atoms with Crippen molar-refractivity contribution in [3.8, 4) is 0 Å². The van der Waals surface area contributed by atoms with Crippen LogP contribution in [0.2, 0.25) is 5.02 Å². The molecule has 1 rings (SSSR count). The van der Waals surface area contributed by atoms with Crippen molar-refractivity contribution >= 4 is 33.2 Å². The Morgan fingerprint density at radius 1 is 1.25 bits per heavy atom. The van der Waals surface area contributed by atoms with E-state index < -0.39 is 0 Å². The molecular formula is C13H19BrClN. The molecule has 0 amide bonds. The largest absolute Gasteiger partial charge is 0.382 e. The minimum atomic E-state index is 0.572. The number of benzene rings is 1. The van der Waals surface area contributed by atoms with Crippen LogP contribution in [-0.2, 0) is 0 Å². The molecule has 16 heavy (non-hydrogen) atoms. The highest BCUT2D eigenvalue weighted by Crippen LogP contribution is 2.26. The molecule has 0 spiro atoms. The fourth-order valence-electron chi connectivity index (χ4n) is 1.81. The van der Waals surface area contributed by atoms with Crippen LogP contribution in [0.25, 0.3) is 0 Å². The maximum atomic E-state index is 5.96. The van der Waals surface area contributed by atoms with Gasteiger partial charge in [0, 0.05) is 16.2 Å². The summed E-state index contributed by atoms with van der Waals surface area (Å²) in [6.07, 6.45) is 4.86. The third kappa shape index (κ3) is 4.34. The van der Waals surface area contributed by atoms with E-state index in [0.717, 1.165) is 15.2 Å². The van der Waals surface area contributed by atoms with Crippen molar-refractivity contribution in [3.63, 3.8) is 0 Å². The molecule has 0 atom stereocenters. The van der Waals surface area contributed by atoms with Gasteiger partial charge in [-0.15, -0.1) is 0 Å². The lowest BCUT2D eigenvalue weighted by molar-refractivity contribution is 0.586. The summed E-state index contributed by atoms with van der Waals surface area (Å²) < 4.78 is 0.950. The maximum absolute atomic E-state index is 5.96. The van der Waals surface area contributed by atoms with Crippen LogP contribution in [0.4, 0.5) is 5.69 Å². The summed E-state index contributed by atoms with van der Waals surface area (Å²) in [6, 6.07) is 6.57. The van der Waals surface area contributed by atoms with Crippen LogP contribution in [0.3, 0.4) is 0 Å². The van der Waals surface area contributed by atoms with Crippen molar-refractivity contribution in [1.29, 1.82) is 0 Å². The molecule has 0 aliphatic heterocycles. The summed E-state index contributed by atoms with van der Waals surface area (Å²) in [5, 5.41) is 4.32. The number of nitrogens with one attached hydrogen (secondary N) is 1. The average Bonchev–Trinajstić information content (AvgIpc) is 2.24. The van der Waals surface area contributed by atoms with Gasteiger partial charge in [0.15, 0.2) is 0 Å². The van der Waals surface area contributed by atoms with Gasteiger partial charge in [-0.25, -0.2) is 0 Å². The Morgan fingerprint density at radius 2 is 1.88 bits per heavy atom. The summed E-state index contributed by atoms with van der Waals surface area (Å²) in [5.41, 5.74) is 1.14. The lowest BCUT2D eigenvalue weighted by atomic mass is 10.1. The summed E-state index contributed by atoms with van der Waals surface area (Å²) in [5.74, 6) is 0. The molecular weight excluding hydrogens is 286 g/mol. The number of halogens is 2. The molecule has 0 fully saturated rings. The SMILES string of the molecule is CCCC(CCC)Nc1ccc(Cl)c(Br)c1. The molecule has 3 heteroatoms. The van der Waals surface area contributed by atoms with Crippen LogP contribution in [0, 0.1) is 0 Å². The minimum Gasteiger partial charge on any atom is -0.382 e. The summed E-state index contributed by atoms with van der Waals surface area (Å²) in [6.45, 7) is 4.45. The molecule has 1 nitrogen and oxygen atoms in total. The zero-order chi connectivity index (χ0) is 12.0. The minimum absolute atomic E-state index is 0.572. The second-order valence-corrected chi connectivity index (χ2v) is 5.31. The second kappa shape index (κ2) is 7.18. The smallest absolute Gasteiger partial charge is 0.0549 e. The first-order chi connectivity index (χ1) is 7.67.